The van der Waals surface area contributed by atoms with Crippen LogP contribution in [-0.2, 0) is 14.3 Å². The second-order valence-corrected chi connectivity index (χ2v) is 11.0. The highest BCUT2D eigenvalue weighted by Crippen LogP contribution is 2.65. The molecule has 172 valence electrons. The number of aliphatic carboxylic acids is 1. The predicted molar refractivity (Wildman–Crippen MR) is 118 cm³/mol. The van der Waals surface area contributed by atoms with Gasteiger partial charge in [0.2, 0.25) is 0 Å². The summed E-state index contributed by atoms with van der Waals surface area (Å²) in [5.41, 5.74) is 3.05. The highest BCUT2D eigenvalue weighted by atomic mass is 16.5. The van der Waals surface area contributed by atoms with Gasteiger partial charge in [0.25, 0.3) is 0 Å². The molecule has 0 aliphatic heterocycles. The molecule has 0 radical (unpaired) electrons. The number of aliphatic hydroxyl groups is 1. The summed E-state index contributed by atoms with van der Waals surface area (Å²) in [6.07, 6.45) is 10.9. The van der Waals surface area contributed by atoms with Crippen molar-refractivity contribution in [2.24, 2.45) is 34.5 Å². The standard InChI is InChI=1S/C26H38O5/c1-16-13-21-19-7-6-17-14-18(27)8-10-25(17,2)20(19)9-11-26(21,3)24(16)22(28)15-31-12-4-5-23(29)30/h9,14,16,18-19,21,24,27H,4-8,10-13,15H2,1-3H3,(H,29,30)/t16-,18?,19?,21?,24-,25+,26+/m1/s1. The Labute approximate surface area is 185 Å². The van der Waals surface area contributed by atoms with Crippen molar-refractivity contribution < 1.29 is 24.5 Å². The number of fused-ring (bicyclic) bond motifs is 5. The summed E-state index contributed by atoms with van der Waals surface area (Å²) in [5.74, 6) is 0.768. The van der Waals surface area contributed by atoms with E-state index in [4.69, 9.17) is 9.84 Å². The summed E-state index contributed by atoms with van der Waals surface area (Å²) in [4.78, 5) is 23.8. The molecule has 4 aliphatic carbocycles. The number of aliphatic hydroxyl groups excluding tert-OH is 1. The normalized spacial score (nSPS) is 41.5. The molecule has 4 aliphatic rings. The zero-order chi connectivity index (χ0) is 22.4. The van der Waals surface area contributed by atoms with Crippen molar-refractivity contribution in [2.45, 2.75) is 78.2 Å². The van der Waals surface area contributed by atoms with Crippen LogP contribution in [0.5, 0.6) is 0 Å². The summed E-state index contributed by atoms with van der Waals surface area (Å²) >= 11 is 0. The molecule has 5 heteroatoms. The molecule has 0 spiro atoms. The number of carboxylic acids is 1. The molecule has 4 rings (SSSR count). The van der Waals surface area contributed by atoms with Crippen LogP contribution in [0.25, 0.3) is 0 Å². The van der Waals surface area contributed by atoms with Crippen LogP contribution in [0.3, 0.4) is 0 Å². The largest absolute Gasteiger partial charge is 0.481 e. The number of ether oxygens (including phenoxy) is 1. The average molecular weight is 431 g/mol. The second-order valence-electron chi connectivity index (χ2n) is 11.0. The van der Waals surface area contributed by atoms with Crippen molar-refractivity contribution in [3.8, 4) is 0 Å². The molecule has 0 aromatic rings. The molecule has 0 aromatic heterocycles. The zero-order valence-corrected chi connectivity index (χ0v) is 19.2. The lowest BCUT2D eigenvalue weighted by molar-refractivity contribution is -0.137. The molecule has 5 nitrogen and oxygen atoms in total. The Morgan fingerprint density at radius 2 is 2.03 bits per heavy atom. The zero-order valence-electron chi connectivity index (χ0n) is 19.2. The number of hydrogen-bond acceptors (Lipinski definition) is 4. The number of hydrogen-bond donors (Lipinski definition) is 2. The molecule has 31 heavy (non-hydrogen) atoms. The van der Waals surface area contributed by atoms with E-state index in [0.717, 1.165) is 38.5 Å². The van der Waals surface area contributed by atoms with Crippen LogP contribution in [-0.4, -0.2) is 41.3 Å². The maximum Gasteiger partial charge on any atom is 0.303 e. The average Bonchev–Trinajstić information content (AvgIpc) is 2.98. The second kappa shape index (κ2) is 8.47. The van der Waals surface area contributed by atoms with Gasteiger partial charge in [-0.2, -0.15) is 0 Å². The smallest absolute Gasteiger partial charge is 0.303 e. The van der Waals surface area contributed by atoms with Crippen molar-refractivity contribution in [2.75, 3.05) is 13.2 Å². The van der Waals surface area contributed by atoms with E-state index in [2.05, 4.69) is 32.9 Å². The van der Waals surface area contributed by atoms with Crippen LogP contribution in [0.1, 0.15) is 72.1 Å². The van der Waals surface area contributed by atoms with Crippen LogP contribution in [0, 0.1) is 34.5 Å². The Bertz CT molecular complexity index is 798. The molecule has 2 N–H and O–H groups in total. The highest BCUT2D eigenvalue weighted by Gasteiger charge is 2.59. The van der Waals surface area contributed by atoms with Gasteiger partial charge in [0, 0.05) is 24.4 Å². The highest BCUT2D eigenvalue weighted by molar-refractivity contribution is 5.84. The van der Waals surface area contributed by atoms with E-state index in [9.17, 15) is 14.7 Å². The lowest BCUT2D eigenvalue weighted by Gasteiger charge is -2.54. The first-order chi connectivity index (χ1) is 14.7. The summed E-state index contributed by atoms with van der Waals surface area (Å²) in [6.45, 7) is 7.34. The molecule has 2 saturated carbocycles. The number of carboxylic acid groups (broad SMARTS) is 1. The third kappa shape index (κ3) is 3.93. The number of carbonyl (C=O) groups excluding carboxylic acids is 1. The number of ketones is 1. The SMILES string of the molecule is C[C@@H]1CC2C3CCC4=CC(O)CC[C@]4(C)C3=CC[C@]2(C)[C@H]1C(=O)COCCCC(=O)O. The van der Waals surface area contributed by atoms with E-state index in [0.29, 0.717) is 30.8 Å². The molecule has 3 unspecified atom stereocenters. The van der Waals surface area contributed by atoms with Gasteiger partial charge in [0.15, 0.2) is 5.78 Å². The molecule has 0 heterocycles. The first-order valence-corrected chi connectivity index (χ1v) is 12.1. The fourth-order valence-corrected chi connectivity index (χ4v) is 7.65. The molecule has 0 amide bonds. The van der Waals surface area contributed by atoms with E-state index >= 15 is 0 Å². The molecule has 0 saturated heterocycles. The Balaban J connectivity index is 1.49. The Morgan fingerprint density at radius 1 is 1.26 bits per heavy atom. The maximum absolute atomic E-state index is 13.2. The molecule has 0 bridgehead atoms. The van der Waals surface area contributed by atoms with E-state index < -0.39 is 5.97 Å². The Kier molecular flexibility index (Phi) is 6.21. The number of Topliss-reactive ketones (excluding diaryl/α,β-unsaturated/α-hetero) is 1. The van der Waals surface area contributed by atoms with Crippen molar-refractivity contribution >= 4 is 11.8 Å². The first-order valence-electron chi connectivity index (χ1n) is 12.1. The van der Waals surface area contributed by atoms with Gasteiger partial charge in [-0.15, -0.1) is 0 Å². The molecule has 2 fully saturated rings. The van der Waals surface area contributed by atoms with Crippen molar-refractivity contribution in [1.82, 2.24) is 0 Å². The summed E-state index contributed by atoms with van der Waals surface area (Å²) in [5, 5.41) is 18.9. The minimum atomic E-state index is -0.828. The third-order valence-corrected chi connectivity index (χ3v) is 9.07. The summed E-state index contributed by atoms with van der Waals surface area (Å²) in [7, 11) is 0. The summed E-state index contributed by atoms with van der Waals surface area (Å²) < 4.78 is 5.58. The molecule has 0 aromatic carbocycles. The van der Waals surface area contributed by atoms with E-state index in [-0.39, 0.29) is 41.7 Å². The fourth-order valence-electron chi connectivity index (χ4n) is 7.65. The van der Waals surface area contributed by atoms with E-state index in [1.54, 1.807) is 5.57 Å². The quantitative estimate of drug-likeness (QED) is 0.457. The first kappa shape index (κ1) is 22.7. The number of allylic oxidation sites excluding steroid dienone is 3. The van der Waals surface area contributed by atoms with Crippen LogP contribution < -0.4 is 0 Å². The fraction of sp³-hybridized carbons (Fsp3) is 0.769. The van der Waals surface area contributed by atoms with Crippen molar-refractivity contribution in [1.29, 1.82) is 0 Å². The van der Waals surface area contributed by atoms with Gasteiger partial charge in [-0.25, -0.2) is 0 Å². The Morgan fingerprint density at radius 3 is 2.77 bits per heavy atom. The van der Waals surface area contributed by atoms with Crippen LogP contribution in [0.15, 0.2) is 23.3 Å². The van der Waals surface area contributed by atoms with Gasteiger partial charge in [-0.05, 0) is 68.1 Å². The van der Waals surface area contributed by atoms with Gasteiger partial charge in [-0.3, -0.25) is 9.59 Å². The third-order valence-electron chi connectivity index (χ3n) is 9.07. The monoisotopic (exact) mass is 430 g/mol. The minimum Gasteiger partial charge on any atom is -0.481 e. The lowest BCUT2D eigenvalue weighted by Crippen LogP contribution is -2.46. The Hall–Kier alpha value is -1.46. The maximum atomic E-state index is 13.2. The lowest BCUT2D eigenvalue weighted by atomic mass is 9.51. The van der Waals surface area contributed by atoms with Gasteiger partial charge in [0.1, 0.15) is 6.61 Å². The summed E-state index contributed by atoms with van der Waals surface area (Å²) in [6, 6.07) is 0. The van der Waals surface area contributed by atoms with Gasteiger partial charge in [0.05, 0.1) is 6.10 Å². The van der Waals surface area contributed by atoms with Gasteiger partial charge >= 0.3 is 5.97 Å². The number of carbonyl (C=O) groups is 2. The molecular weight excluding hydrogens is 392 g/mol. The molecule has 7 atom stereocenters. The predicted octanol–water partition coefficient (Wildman–Crippen LogP) is 4.54. The van der Waals surface area contributed by atoms with Crippen molar-refractivity contribution in [3.63, 3.8) is 0 Å². The number of rotatable bonds is 7. The minimum absolute atomic E-state index is 0.00713. The van der Waals surface area contributed by atoms with E-state index in [1.165, 1.54) is 5.57 Å². The van der Waals surface area contributed by atoms with Crippen molar-refractivity contribution in [3.05, 3.63) is 23.3 Å². The van der Waals surface area contributed by atoms with Crippen LogP contribution >= 0.6 is 0 Å². The van der Waals surface area contributed by atoms with Gasteiger partial charge in [-0.1, -0.05) is 44.1 Å². The topological polar surface area (TPSA) is 83.8 Å². The van der Waals surface area contributed by atoms with E-state index in [1.807, 2.05) is 0 Å². The van der Waals surface area contributed by atoms with Crippen LogP contribution in [0.2, 0.25) is 0 Å². The van der Waals surface area contributed by atoms with Gasteiger partial charge < -0.3 is 14.9 Å². The molecular formula is C26H38O5. The van der Waals surface area contributed by atoms with Crippen LogP contribution in [0.4, 0.5) is 0 Å².